The van der Waals surface area contributed by atoms with E-state index in [1.54, 1.807) is 36.5 Å². The number of carbonyl (C=O) groups excluding carboxylic acids is 1. The largest absolute Gasteiger partial charge is 0.352 e. The lowest BCUT2D eigenvalue weighted by molar-refractivity contribution is -0.179. The van der Waals surface area contributed by atoms with Crippen LogP contribution in [0.1, 0.15) is 37.9 Å². The number of hydrogen-bond donors (Lipinski definition) is 0. The van der Waals surface area contributed by atoms with Crippen molar-refractivity contribution in [3.63, 3.8) is 0 Å². The van der Waals surface area contributed by atoms with Crippen molar-refractivity contribution < 1.29 is 17.9 Å². The van der Waals surface area contributed by atoms with Crippen LogP contribution in [-0.4, -0.2) is 65.4 Å². The Morgan fingerprint density at radius 3 is 2.45 bits per heavy atom. The molecule has 2 saturated heterocycles. The monoisotopic (exact) mass is 444 g/mol. The second kappa shape index (κ2) is 8.03. The fourth-order valence-electron chi connectivity index (χ4n) is 5.01. The Morgan fingerprint density at radius 1 is 1.03 bits per heavy atom. The number of rotatable bonds is 3. The number of ether oxygens (including phenoxy) is 1. The Morgan fingerprint density at radius 2 is 1.74 bits per heavy atom. The molecule has 1 aromatic carbocycles. The maximum atomic E-state index is 13.2. The number of sulfonamides is 1. The van der Waals surface area contributed by atoms with Crippen LogP contribution >= 0.6 is 0 Å². The molecular formula is C22H28N4O4S. The number of amides is 1. The molecule has 5 rings (SSSR count). The minimum Gasteiger partial charge on any atom is -0.352 e. The highest BCUT2D eigenvalue weighted by Crippen LogP contribution is 2.41. The molecule has 3 aliphatic heterocycles. The van der Waals surface area contributed by atoms with Crippen molar-refractivity contribution in [2.24, 2.45) is 0 Å². The van der Waals surface area contributed by atoms with Gasteiger partial charge < -0.3 is 14.2 Å². The van der Waals surface area contributed by atoms with Gasteiger partial charge in [0.1, 0.15) is 11.4 Å². The molecular weight excluding hydrogens is 416 g/mol. The minimum absolute atomic E-state index is 0.0396. The zero-order valence-corrected chi connectivity index (χ0v) is 18.3. The number of piperidine rings is 2. The van der Waals surface area contributed by atoms with Crippen LogP contribution in [0.3, 0.4) is 0 Å². The summed E-state index contributed by atoms with van der Waals surface area (Å²) in [5, 5.41) is 0. The predicted octanol–water partition coefficient (Wildman–Crippen LogP) is 1.97. The zero-order chi connectivity index (χ0) is 21.5. The van der Waals surface area contributed by atoms with E-state index in [1.807, 2.05) is 15.7 Å². The molecule has 1 spiro atoms. The molecule has 2 fully saturated rings. The molecule has 0 saturated carbocycles. The minimum atomic E-state index is -3.55. The number of hydrogen-bond acceptors (Lipinski definition) is 5. The Hall–Kier alpha value is -2.23. The van der Waals surface area contributed by atoms with Gasteiger partial charge in [0.15, 0.2) is 6.10 Å². The van der Waals surface area contributed by atoms with Crippen LogP contribution in [0.4, 0.5) is 0 Å². The molecule has 166 valence electrons. The van der Waals surface area contributed by atoms with Crippen molar-refractivity contribution in [1.29, 1.82) is 0 Å². The van der Waals surface area contributed by atoms with Gasteiger partial charge in [-0.15, -0.1) is 0 Å². The maximum absolute atomic E-state index is 13.2. The molecule has 9 heteroatoms. The van der Waals surface area contributed by atoms with Crippen LogP contribution in [0.5, 0.6) is 0 Å². The number of aromatic nitrogens is 2. The van der Waals surface area contributed by atoms with Gasteiger partial charge in [0, 0.05) is 38.6 Å². The summed E-state index contributed by atoms with van der Waals surface area (Å²) in [6.07, 6.45) is 7.25. The third-order valence-corrected chi connectivity index (χ3v) is 8.62. The number of carbonyl (C=O) groups is 1. The molecule has 1 amide bonds. The van der Waals surface area contributed by atoms with E-state index in [0.717, 1.165) is 38.2 Å². The Bertz CT molecular complexity index is 1040. The molecule has 8 nitrogen and oxygen atoms in total. The SMILES string of the molecule is O=C(C1Cn2ccnc2C2(CCN(S(=O)(=O)c3ccccc3)CC2)O1)N1CCCCC1. The van der Waals surface area contributed by atoms with Gasteiger partial charge in [-0.2, -0.15) is 4.31 Å². The number of fused-ring (bicyclic) bond motifs is 2. The van der Waals surface area contributed by atoms with Gasteiger partial charge in [0.25, 0.3) is 5.91 Å². The highest BCUT2D eigenvalue weighted by Gasteiger charge is 2.49. The van der Waals surface area contributed by atoms with Gasteiger partial charge in [-0.3, -0.25) is 4.79 Å². The molecule has 1 unspecified atom stereocenters. The fourth-order valence-corrected chi connectivity index (χ4v) is 6.48. The summed E-state index contributed by atoms with van der Waals surface area (Å²) in [7, 11) is -3.55. The van der Waals surface area contributed by atoms with Crippen molar-refractivity contribution >= 4 is 15.9 Å². The summed E-state index contributed by atoms with van der Waals surface area (Å²) < 4.78 is 36.1. The van der Waals surface area contributed by atoms with Crippen LogP contribution in [0.25, 0.3) is 0 Å². The van der Waals surface area contributed by atoms with Gasteiger partial charge in [-0.25, -0.2) is 13.4 Å². The van der Waals surface area contributed by atoms with E-state index in [4.69, 9.17) is 4.74 Å². The normalized spacial score (nSPS) is 24.1. The molecule has 1 aromatic heterocycles. The Balaban J connectivity index is 1.36. The van der Waals surface area contributed by atoms with Crippen LogP contribution in [0.15, 0.2) is 47.6 Å². The van der Waals surface area contributed by atoms with Crippen molar-refractivity contribution in [2.45, 2.75) is 55.2 Å². The first-order chi connectivity index (χ1) is 15.0. The first-order valence-electron chi connectivity index (χ1n) is 11.0. The van der Waals surface area contributed by atoms with Gasteiger partial charge >= 0.3 is 0 Å². The van der Waals surface area contributed by atoms with Crippen molar-refractivity contribution in [3.8, 4) is 0 Å². The third kappa shape index (κ3) is 3.68. The summed E-state index contributed by atoms with van der Waals surface area (Å²) in [5.41, 5.74) is -0.736. The van der Waals surface area contributed by atoms with Crippen LogP contribution in [0.2, 0.25) is 0 Å². The first kappa shape index (κ1) is 20.7. The Labute approximate surface area is 182 Å². The number of nitrogens with zero attached hydrogens (tertiary/aromatic N) is 4. The van der Waals surface area contributed by atoms with Crippen LogP contribution in [-0.2, 0) is 31.7 Å². The highest BCUT2D eigenvalue weighted by atomic mass is 32.2. The van der Waals surface area contributed by atoms with Gasteiger partial charge in [0.05, 0.1) is 11.4 Å². The van der Waals surface area contributed by atoms with Gasteiger partial charge in [-0.1, -0.05) is 18.2 Å². The summed E-state index contributed by atoms with van der Waals surface area (Å²) in [4.78, 5) is 19.9. The van der Waals surface area contributed by atoms with E-state index < -0.39 is 21.7 Å². The second-order valence-corrected chi connectivity index (χ2v) is 10.5. The molecule has 0 bridgehead atoms. The number of likely N-dealkylation sites (tertiary alicyclic amines) is 1. The summed E-state index contributed by atoms with van der Waals surface area (Å²) >= 11 is 0. The van der Waals surface area contributed by atoms with Crippen LogP contribution in [0, 0.1) is 0 Å². The van der Waals surface area contributed by atoms with E-state index in [0.29, 0.717) is 37.4 Å². The highest BCUT2D eigenvalue weighted by molar-refractivity contribution is 7.89. The lowest BCUT2D eigenvalue weighted by Crippen LogP contribution is -2.55. The smallest absolute Gasteiger partial charge is 0.253 e. The number of imidazole rings is 1. The van der Waals surface area contributed by atoms with E-state index in [1.165, 1.54) is 4.31 Å². The molecule has 0 radical (unpaired) electrons. The fraction of sp³-hybridized carbons (Fsp3) is 0.545. The van der Waals surface area contributed by atoms with E-state index in [2.05, 4.69) is 4.98 Å². The lowest BCUT2D eigenvalue weighted by Gasteiger charge is -2.46. The molecule has 0 aliphatic carbocycles. The Kier molecular flexibility index (Phi) is 5.35. The van der Waals surface area contributed by atoms with Crippen LogP contribution < -0.4 is 0 Å². The molecule has 3 aliphatic rings. The van der Waals surface area contributed by atoms with Crippen molar-refractivity contribution in [3.05, 3.63) is 48.5 Å². The summed E-state index contributed by atoms with van der Waals surface area (Å²) in [6.45, 7) is 2.68. The third-order valence-electron chi connectivity index (χ3n) is 6.71. The summed E-state index contributed by atoms with van der Waals surface area (Å²) in [5.74, 6) is 0.838. The predicted molar refractivity (Wildman–Crippen MR) is 114 cm³/mol. The average Bonchev–Trinajstić information content (AvgIpc) is 3.30. The quantitative estimate of drug-likeness (QED) is 0.723. The van der Waals surface area contributed by atoms with E-state index in [9.17, 15) is 13.2 Å². The van der Waals surface area contributed by atoms with E-state index >= 15 is 0 Å². The first-order valence-corrected chi connectivity index (χ1v) is 12.5. The molecule has 4 heterocycles. The van der Waals surface area contributed by atoms with Gasteiger partial charge in [-0.05, 0) is 44.2 Å². The standard InChI is InChI=1S/C22H28N4O4S/c27-20(24-12-5-2-6-13-24)19-17-25-16-11-23-21(25)22(30-19)9-14-26(15-10-22)31(28,29)18-7-3-1-4-8-18/h1,3-4,7-8,11,16,19H,2,5-6,9-10,12-15,17H2. The lowest BCUT2D eigenvalue weighted by atomic mass is 9.89. The summed E-state index contributed by atoms with van der Waals surface area (Å²) in [6, 6.07) is 8.51. The van der Waals surface area contributed by atoms with E-state index in [-0.39, 0.29) is 5.91 Å². The molecule has 1 atom stereocenters. The molecule has 31 heavy (non-hydrogen) atoms. The van der Waals surface area contributed by atoms with Crippen molar-refractivity contribution in [2.75, 3.05) is 26.2 Å². The molecule has 0 N–H and O–H groups in total. The van der Waals surface area contributed by atoms with Crippen molar-refractivity contribution in [1.82, 2.24) is 18.8 Å². The maximum Gasteiger partial charge on any atom is 0.253 e. The average molecular weight is 445 g/mol. The second-order valence-electron chi connectivity index (χ2n) is 8.61. The zero-order valence-electron chi connectivity index (χ0n) is 17.5. The topological polar surface area (TPSA) is 84.7 Å². The van der Waals surface area contributed by atoms with Gasteiger partial charge in [0.2, 0.25) is 10.0 Å². The number of benzene rings is 1. The molecule has 2 aromatic rings.